The summed E-state index contributed by atoms with van der Waals surface area (Å²) in [5, 5.41) is 2.86. The molecule has 6 nitrogen and oxygen atoms in total. The Balaban J connectivity index is 2.12. The Hall–Kier alpha value is -2.86. The maximum atomic E-state index is 13.1. The quantitative estimate of drug-likeness (QED) is 0.756. The van der Waals surface area contributed by atoms with Gasteiger partial charge in [0.1, 0.15) is 12.1 Å². The van der Waals surface area contributed by atoms with Gasteiger partial charge in [-0.3, -0.25) is 14.2 Å². The number of carbonyl (C=O) groups is 2. The molecule has 0 aliphatic carbocycles. The molecule has 0 aliphatic heterocycles. The lowest BCUT2D eigenvalue weighted by atomic mass is 10.1. The number of amides is 1. The molecular formula is C19H18ClN3O3. The van der Waals surface area contributed by atoms with Gasteiger partial charge in [0.15, 0.2) is 0 Å². The van der Waals surface area contributed by atoms with Crippen LogP contribution >= 0.6 is 11.6 Å². The van der Waals surface area contributed by atoms with Crippen LogP contribution in [0.1, 0.15) is 28.4 Å². The fourth-order valence-corrected chi connectivity index (χ4v) is 2.94. The molecule has 0 bridgehead atoms. The Morgan fingerprint density at radius 2 is 1.85 bits per heavy atom. The fourth-order valence-electron chi connectivity index (χ4n) is 2.73. The zero-order valence-corrected chi connectivity index (χ0v) is 15.6. The number of rotatable bonds is 3. The van der Waals surface area contributed by atoms with Crippen LogP contribution in [0.15, 0.2) is 30.6 Å². The Bertz CT molecular complexity index is 1040. The lowest BCUT2D eigenvalue weighted by Crippen LogP contribution is -2.13. The van der Waals surface area contributed by atoms with E-state index in [2.05, 4.69) is 10.3 Å². The number of imidazole rings is 1. The maximum absolute atomic E-state index is 13.1. The minimum absolute atomic E-state index is 0.251. The summed E-state index contributed by atoms with van der Waals surface area (Å²) in [6.45, 7) is 5.36. The van der Waals surface area contributed by atoms with Crippen LogP contribution in [0.4, 0.5) is 5.69 Å². The summed E-state index contributed by atoms with van der Waals surface area (Å²) in [4.78, 5) is 28.7. The predicted molar refractivity (Wildman–Crippen MR) is 101 cm³/mol. The van der Waals surface area contributed by atoms with Gasteiger partial charge >= 0.3 is 0 Å². The van der Waals surface area contributed by atoms with Gasteiger partial charge in [-0.25, -0.2) is 4.98 Å². The van der Waals surface area contributed by atoms with Gasteiger partial charge in [-0.05, 0) is 43.2 Å². The van der Waals surface area contributed by atoms with E-state index >= 15 is 0 Å². The number of fused-ring (bicyclic) bond motifs is 1. The first-order valence-electron chi connectivity index (χ1n) is 7.96. The summed E-state index contributed by atoms with van der Waals surface area (Å²) < 4.78 is 6.80. The molecule has 0 aliphatic rings. The van der Waals surface area contributed by atoms with E-state index < -0.39 is 0 Å². The van der Waals surface area contributed by atoms with Crippen LogP contribution < -0.4 is 10.1 Å². The highest BCUT2D eigenvalue weighted by Crippen LogP contribution is 2.32. The van der Waals surface area contributed by atoms with Crippen molar-refractivity contribution in [1.29, 1.82) is 0 Å². The number of methoxy groups -OCH3 is 1. The zero-order valence-electron chi connectivity index (χ0n) is 14.9. The first kappa shape index (κ1) is 17.9. The highest BCUT2D eigenvalue weighted by Gasteiger charge is 2.20. The molecule has 0 unspecified atom stereocenters. The van der Waals surface area contributed by atoms with Crippen LogP contribution in [-0.2, 0) is 4.79 Å². The monoisotopic (exact) mass is 371 g/mol. The second-order valence-corrected chi connectivity index (χ2v) is 6.47. The Morgan fingerprint density at radius 3 is 2.50 bits per heavy atom. The lowest BCUT2D eigenvalue weighted by Gasteiger charge is -2.13. The minimum atomic E-state index is -0.316. The molecule has 0 atom stereocenters. The number of ether oxygens (including phenoxy) is 1. The van der Waals surface area contributed by atoms with Crippen molar-refractivity contribution in [2.45, 2.75) is 20.8 Å². The van der Waals surface area contributed by atoms with Gasteiger partial charge in [0.25, 0.3) is 5.91 Å². The summed E-state index contributed by atoms with van der Waals surface area (Å²) >= 11 is 6.22. The summed E-state index contributed by atoms with van der Waals surface area (Å²) in [6, 6.07) is 6.89. The molecule has 3 aromatic rings. The zero-order chi connectivity index (χ0) is 19.0. The highest BCUT2D eigenvalue weighted by molar-refractivity contribution is 6.34. The van der Waals surface area contributed by atoms with Gasteiger partial charge in [0, 0.05) is 13.0 Å². The molecule has 1 amide bonds. The van der Waals surface area contributed by atoms with Crippen molar-refractivity contribution in [2.24, 2.45) is 0 Å². The lowest BCUT2D eigenvalue weighted by molar-refractivity contribution is -0.114. The number of nitrogens with zero attached hydrogens (tertiary/aromatic N) is 2. The number of anilines is 1. The highest BCUT2D eigenvalue weighted by atomic mass is 35.5. The van der Waals surface area contributed by atoms with E-state index in [0.717, 1.165) is 16.6 Å². The first-order valence-corrected chi connectivity index (χ1v) is 8.33. The molecule has 2 aromatic carbocycles. The van der Waals surface area contributed by atoms with Crippen LogP contribution in [0.25, 0.3) is 11.0 Å². The van der Waals surface area contributed by atoms with Gasteiger partial charge in [-0.15, -0.1) is 0 Å². The molecule has 0 saturated carbocycles. The number of hydrogen-bond donors (Lipinski definition) is 1. The van der Waals surface area contributed by atoms with E-state index in [9.17, 15) is 9.59 Å². The number of hydrogen-bond acceptors (Lipinski definition) is 4. The van der Waals surface area contributed by atoms with Gasteiger partial charge in [0.05, 0.1) is 34.4 Å². The Morgan fingerprint density at radius 1 is 1.15 bits per heavy atom. The van der Waals surface area contributed by atoms with Crippen molar-refractivity contribution in [3.05, 3.63) is 52.3 Å². The molecule has 1 aromatic heterocycles. The number of aryl methyl sites for hydroxylation is 2. The van der Waals surface area contributed by atoms with Crippen LogP contribution in [0.5, 0.6) is 5.75 Å². The van der Waals surface area contributed by atoms with Crippen molar-refractivity contribution in [1.82, 2.24) is 9.55 Å². The van der Waals surface area contributed by atoms with Crippen molar-refractivity contribution in [2.75, 3.05) is 12.4 Å². The molecular weight excluding hydrogens is 354 g/mol. The third kappa shape index (κ3) is 3.15. The van der Waals surface area contributed by atoms with E-state index in [-0.39, 0.29) is 22.4 Å². The molecule has 0 saturated heterocycles. The van der Waals surface area contributed by atoms with E-state index in [1.54, 1.807) is 0 Å². The van der Waals surface area contributed by atoms with E-state index in [1.807, 2.05) is 26.0 Å². The standard InChI is InChI=1S/C19H18ClN3O3/c1-10-5-16-17(6-11(10)2)23(9-21-16)19(25)13-7-14(20)15(22-12(3)24)8-18(13)26-4/h5-9H,1-4H3,(H,22,24). The molecule has 26 heavy (non-hydrogen) atoms. The number of halogens is 1. The predicted octanol–water partition coefficient (Wildman–Crippen LogP) is 3.96. The summed E-state index contributed by atoms with van der Waals surface area (Å²) in [6.07, 6.45) is 1.49. The number of nitrogens with one attached hydrogen (secondary N) is 1. The van der Waals surface area contributed by atoms with Crippen LogP contribution in [0.2, 0.25) is 5.02 Å². The van der Waals surface area contributed by atoms with Gasteiger partial charge in [-0.1, -0.05) is 11.6 Å². The van der Waals surface area contributed by atoms with Crippen molar-refractivity contribution in [3.63, 3.8) is 0 Å². The van der Waals surface area contributed by atoms with E-state index in [1.165, 1.54) is 37.1 Å². The smallest absolute Gasteiger partial charge is 0.267 e. The van der Waals surface area contributed by atoms with Crippen molar-refractivity contribution in [3.8, 4) is 5.75 Å². The Labute approximate surface area is 155 Å². The maximum Gasteiger partial charge on any atom is 0.267 e. The topological polar surface area (TPSA) is 73.2 Å². The first-order chi connectivity index (χ1) is 12.3. The van der Waals surface area contributed by atoms with E-state index in [0.29, 0.717) is 17.0 Å². The van der Waals surface area contributed by atoms with Crippen LogP contribution in [0, 0.1) is 13.8 Å². The molecule has 7 heteroatoms. The molecule has 1 N–H and O–H groups in total. The number of benzene rings is 2. The second-order valence-electron chi connectivity index (χ2n) is 6.06. The number of aromatic nitrogens is 2. The van der Waals surface area contributed by atoms with Crippen LogP contribution in [0.3, 0.4) is 0 Å². The molecule has 134 valence electrons. The molecule has 0 fully saturated rings. The van der Waals surface area contributed by atoms with Crippen LogP contribution in [-0.4, -0.2) is 28.5 Å². The fraction of sp³-hybridized carbons (Fsp3) is 0.211. The largest absolute Gasteiger partial charge is 0.496 e. The summed E-state index contributed by atoms with van der Waals surface area (Å²) in [5.41, 5.74) is 4.29. The SMILES string of the molecule is COc1cc(NC(C)=O)c(Cl)cc1C(=O)n1cnc2cc(C)c(C)cc21. The molecule has 3 rings (SSSR count). The van der Waals surface area contributed by atoms with Gasteiger partial charge in [-0.2, -0.15) is 0 Å². The minimum Gasteiger partial charge on any atom is -0.496 e. The van der Waals surface area contributed by atoms with Gasteiger partial charge in [0.2, 0.25) is 5.91 Å². The molecule has 1 heterocycles. The van der Waals surface area contributed by atoms with Gasteiger partial charge < -0.3 is 10.1 Å². The second kappa shape index (κ2) is 6.80. The third-order valence-corrected chi connectivity index (χ3v) is 4.52. The number of carbonyl (C=O) groups excluding carboxylic acids is 2. The Kier molecular flexibility index (Phi) is 4.70. The van der Waals surface area contributed by atoms with E-state index in [4.69, 9.17) is 16.3 Å². The van der Waals surface area contributed by atoms with Crippen molar-refractivity contribution < 1.29 is 14.3 Å². The summed E-state index contributed by atoms with van der Waals surface area (Å²) in [5.74, 6) is -0.266. The average molecular weight is 372 g/mol. The molecule has 0 radical (unpaired) electrons. The van der Waals surface area contributed by atoms with Crippen molar-refractivity contribution >= 4 is 40.1 Å². The normalized spacial score (nSPS) is 10.8. The summed E-state index contributed by atoms with van der Waals surface area (Å²) in [7, 11) is 1.46. The third-order valence-electron chi connectivity index (χ3n) is 4.21. The molecule has 0 spiro atoms. The average Bonchev–Trinajstić information content (AvgIpc) is 2.98.